The fraction of sp³-hybridized carbons (Fsp3) is 0.360. The molecule has 1 unspecified atom stereocenters. The van der Waals surface area contributed by atoms with Gasteiger partial charge in [-0.3, -0.25) is 5.10 Å². The van der Waals surface area contributed by atoms with E-state index in [-0.39, 0.29) is 12.1 Å². The van der Waals surface area contributed by atoms with Crippen LogP contribution in [-0.2, 0) is 6.54 Å². The third-order valence-electron chi connectivity index (χ3n) is 6.14. The van der Waals surface area contributed by atoms with Gasteiger partial charge in [0.05, 0.1) is 11.9 Å². The summed E-state index contributed by atoms with van der Waals surface area (Å²) in [6, 6.07) is 16.3. The normalized spacial score (nSPS) is 18.5. The third kappa shape index (κ3) is 4.78. The minimum Gasteiger partial charge on any atom is -0.487 e. The van der Waals surface area contributed by atoms with E-state index in [1.54, 1.807) is 6.20 Å². The second-order valence-electron chi connectivity index (χ2n) is 8.76. The molecule has 2 aliphatic rings. The van der Waals surface area contributed by atoms with Gasteiger partial charge in [0, 0.05) is 37.4 Å². The molecular weight excluding hydrogens is 402 g/mol. The van der Waals surface area contributed by atoms with Crippen molar-refractivity contribution in [3.63, 3.8) is 0 Å². The zero-order valence-corrected chi connectivity index (χ0v) is 18.3. The van der Waals surface area contributed by atoms with Crippen LogP contribution in [-0.4, -0.2) is 58.3 Å². The van der Waals surface area contributed by atoms with Crippen molar-refractivity contribution < 1.29 is 9.53 Å². The standard InChI is InChI=1S/C25H29N5O2/c1-29-12-11-22(17-29)32-24-13-19(20-14-26-27-15-20)7-10-23(24)28-25(31)30(21-8-9-21)16-18-5-3-2-4-6-18/h2-7,10,13-15,21-22H,8-9,11-12,16-17H2,1H3,(H,26,27)(H,28,31). The van der Waals surface area contributed by atoms with Gasteiger partial charge in [0.2, 0.25) is 0 Å². The highest BCUT2D eigenvalue weighted by Gasteiger charge is 2.33. The summed E-state index contributed by atoms with van der Waals surface area (Å²) in [4.78, 5) is 17.5. The van der Waals surface area contributed by atoms with Crippen LogP contribution >= 0.6 is 0 Å². The van der Waals surface area contributed by atoms with E-state index in [0.717, 1.165) is 49.0 Å². The fourth-order valence-electron chi connectivity index (χ4n) is 4.20. The second kappa shape index (κ2) is 9.04. The van der Waals surface area contributed by atoms with Gasteiger partial charge >= 0.3 is 6.03 Å². The topological polar surface area (TPSA) is 73.5 Å². The molecule has 1 aliphatic carbocycles. The van der Waals surface area contributed by atoms with E-state index in [2.05, 4.69) is 39.6 Å². The monoisotopic (exact) mass is 431 g/mol. The number of aromatic nitrogens is 2. The first kappa shape index (κ1) is 20.6. The summed E-state index contributed by atoms with van der Waals surface area (Å²) in [6.45, 7) is 2.50. The Hall–Kier alpha value is -3.32. The Labute approximate surface area is 188 Å². The van der Waals surface area contributed by atoms with Gasteiger partial charge < -0.3 is 19.9 Å². The SMILES string of the molecule is CN1CCC(Oc2cc(-c3cn[nH]c3)ccc2NC(=O)N(Cc2ccccc2)C2CC2)C1. The van der Waals surface area contributed by atoms with Crippen LogP contribution in [0.5, 0.6) is 5.75 Å². The second-order valence-corrected chi connectivity index (χ2v) is 8.76. The van der Waals surface area contributed by atoms with Crippen molar-refractivity contribution >= 4 is 11.7 Å². The Morgan fingerprint density at radius 1 is 1.19 bits per heavy atom. The number of aromatic amines is 1. The van der Waals surface area contributed by atoms with Crippen LogP contribution < -0.4 is 10.1 Å². The molecule has 1 saturated heterocycles. The zero-order valence-electron chi connectivity index (χ0n) is 18.3. The van der Waals surface area contributed by atoms with Crippen molar-refractivity contribution in [3.05, 3.63) is 66.5 Å². The summed E-state index contributed by atoms with van der Waals surface area (Å²) in [5.41, 5.74) is 3.83. The minimum atomic E-state index is -0.0826. The number of rotatable bonds is 7. The first-order valence-electron chi connectivity index (χ1n) is 11.3. The lowest BCUT2D eigenvalue weighted by atomic mass is 10.1. The average molecular weight is 432 g/mol. The van der Waals surface area contributed by atoms with Crippen molar-refractivity contribution in [1.29, 1.82) is 0 Å². The van der Waals surface area contributed by atoms with Crippen molar-refractivity contribution in [2.24, 2.45) is 0 Å². The summed E-state index contributed by atoms with van der Waals surface area (Å²) in [5, 5.41) is 10.0. The van der Waals surface area contributed by atoms with Gasteiger partial charge in [0.1, 0.15) is 11.9 Å². The van der Waals surface area contributed by atoms with Gasteiger partial charge in [0.15, 0.2) is 0 Å². The number of hydrogen-bond donors (Lipinski definition) is 2. The molecule has 2 aromatic carbocycles. The molecular formula is C25H29N5O2. The Bertz CT molecular complexity index is 1050. The molecule has 1 aliphatic heterocycles. The van der Waals surface area contributed by atoms with E-state index in [4.69, 9.17) is 4.74 Å². The number of carbonyl (C=O) groups excluding carboxylic acids is 1. The number of likely N-dealkylation sites (N-methyl/N-ethyl adjacent to an activating group) is 1. The minimum absolute atomic E-state index is 0.0826. The number of benzene rings is 2. The van der Waals surface area contributed by atoms with Gasteiger partial charge in [-0.2, -0.15) is 5.10 Å². The molecule has 1 aromatic heterocycles. The Morgan fingerprint density at radius 3 is 2.72 bits per heavy atom. The van der Waals surface area contributed by atoms with Crippen molar-refractivity contribution in [3.8, 4) is 16.9 Å². The first-order chi connectivity index (χ1) is 15.7. The van der Waals surface area contributed by atoms with Gasteiger partial charge in [-0.1, -0.05) is 36.4 Å². The van der Waals surface area contributed by atoms with Gasteiger partial charge in [0.25, 0.3) is 0 Å². The number of nitrogens with zero attached hydrogens (tertiary/aromatic N) is 3. The molecule has 2 fully saturated rings. The lowest BCUT2D eigenvalue weighted by Gasteiger charge is -2.24. The molecule has 0 radical (unpaired) electrons. The molecule has 2 N–H and O–H groups in total. The van der Waals surface area contributed by atoms with Crippen LogP contribution in [0.3, 0.4) is 0 Å². The third-order valence-corrected chi connectivity index (χ3v) is 6.14. The van der Waals surface area contributed by atoms with Crippen LogP contribution in [0.25, 0.3) is 11.1 Å². The number of carbonyl (C=O) groups is 1. The zero-order chi connectivity index (χ0) is 21.9. The number of likely N-dealkylation sites (tertiary alicyclic amines) is 1. The maximum absolute atomic E-state index is 13.3. The molecule has 0 spiro atoms. The van der Waals surface area contributed by atoms with Crippen LogP contribution in [0.15, 0.2) is 60.9 Å². The van der Waals surface area contributed by atoms with E-state index in [1.165, 1.54) is 0 Å². The highest BCUT2D eigenvalue weighted by molar-refractivity contribution is 5.92. The summed E-state index contributed by atoms with van der Waals surface area (Å²) >= 11 is 0. The molecule has 2 amide bonds. The highest BCUT2D eigenvalue weighted by atomic mass is 16.5. The summed E-state index contributed by atoms with van der Waals surface area (Å²) < 4.78 is 6.39. The quantitative estimate of drug-likeness (QED) is 0.583. The highest BCUT2D eigenvalue weighted by Crippen LogP contribution is 2.34. The Kier molecular flexibility index (Phi) is 5.81. The van der Waals surface area contributed by atoms with Crippen molar-refractivity contribution in [2.75, 3.05) is 25.5 Å². The number of urea groups is 1. The maximum atomic E-state index is 13.3. The largest absolute Gasteiger partial charge is 0.487 e. The molecule has 166 valence electrons. The van der Waals surface area contributed by atoms with Crippen molar-refractivity contribution in [2.45, 2.75) is 38.0 Å². The van der Waals surface area contributed by atoms with E-state index in [1.807, 2.05) is 47.5 Å². The van der Waals surface area contributed by atoms with Gasteiger partial charge in [-0.15, -0.1) is 0 Å². The van der Waals surface area contributed by atoms with Crippen LogP contribution in [0.2, 0.25) is 0 Å². The molecule has 2 heterocycles. The number of amides is 2. The Morgan fingerprint density at radius 2 is 2.03 bits per heavy atom. The molecule has 7 heteroatoms. The molecule has 5 rings (SSSR count). The first-order valence-corrected chi connectivity index (χ1v) is 11.3. The van der Waals surface area contributed by atoms with E-state index < -0.39 is 0 Å². The lowest BCUT2D eigenvalue weighted by molar-refractivity contribution is 0.202. The molecule has 32 heavy (non-hydrogen) atoms. The number of H-pyrrole nitrogens is 1. The van der Waals surface area contributed by atoms with Crippen LogP contribution in [0.4, 0.5) is 10.5 Å². The Balaban J connectivity index is 1.37. The summed E-state index contributed by atoms with van der Waals surface area (Å²) in [6.07, 6.45) is 6.83. The van der Waals surface area contributed by atoms with Gasteiger partial charge in [-0.05, 0) is 49.6 Å². The number of hydrogen-bond acceptors (Lipinski definition) is 4. The predicted octanol–water partition coefficient (Wildman–Crippen LogP) is 4.36. The molecule has 3 aromatic rings. The lowest BCUT2D eigenvalue weighted by Crippen LogP contribution is -2.36. The van der Waals surface area contributed by atoms with E-state index >= 15 is 0 Å². The van der Waals surface area contributed by atoms with E-state index in [9.17, 15) is 4.79 Å². The van der Waals surface area contributed by atoms with Gasteiger partial charge in [-0.25, -0.2) is 4.79 Å². The summed E-state index contributed by atoms with van der Waals surface area (Å²) in [7, 11) is 2.10. The maximum Gasteiger partial charge on any atom is 0.322 e. The predicted molar refractivity (Wildman–Crippen MR) is 125 cm³/mol. The number of ether oxygens (including phenoxy) is 1. The number of nitrogens with one attached hydrogen (secondary N) is 2. The van der Waals surface area contributed by atoms with Crippen LogP contribution in [0.1, 0.15) is 24.8 Å². The summed E-state index contributed by atoms with van der Waals surface area (Å²) in [5.74, 6) is 0.702. The van der Waals surface area contributed by atoms with Crippen LogP contribution in [0, 0.1) is 0 Å². The molecule has 1 atom stereocenters. The fourth-order valence-corrected chi connectivity index (χ4v) is 4.20. The molecule has 1 saturated carbocycles. The van der Waals surface area contributed by atoms with E-state index in [0.29, 0.717) is 24.0 Å². The molecule has 0 bridgehead atoms. The average Bonchev–Trinajstić information content (AvgIpc) is 3.32. The number of anilines is 1. The smallest absolute Gasteiger partial charge is 0.322 e. The van der Waals surface area contributed by atoms with Crippen molar-refractivity contribution in [1.82, 2.24) is 20.0 Å². The molecule has 7 nitrogen and oxygen atoms in total.